The van der Waals surface area contributed by atoms with Gasteiger partial charge in [0.15, 0.2) is 0 Å². The summed E-state index contributed by atoms with van der Waals surface area (Å²) in [7, 11) is 0. The third-order valence-electron chi connectivity index (χ3n) is 4.96. The van der Waals surface area contributed by atoms with Crippen LogP contribution in [0.1, 0.15) is 61.6 Å². The Labute approximate surface area is 121 Å². The molecule has 0 saturated heterocycles. The molecule has 0 unspecified atom stereocenters. The van der Waals surface area contributed by atoms with Crippen molar-refractivity contribution in [2.75, 3.05) is 0 Å². The van der Waals surface area contributed by atoms with Gasteiger partial charge in [-0.3, -0.25) is 4.79 Å². The first-order chi connectivity index (χ1) is 9.65. The first-order valence-electron chi connectivity index (χ1n) is 8.06. The minimum Gasteiger partial charge on any atom is -0.325 e. The maximum Gasteiger partial charge on any atom is 0.139 e. The van der Waals surface area contributed by atoms with E-state index in [2.05, 4.69) is 18.2 Å². The van der Waals surface area contributed by atoms with E-state index in [0.717, 1.165) is 12.8 Å². The average molecular weight is 271 g/mol. The molecule has 0 spiro atoms. The van der Waals surface area contributed by atoms with Gasteiger partial charge in [0, 0.05) is 18.4 Å². The summed E-state index contributed by atoms with van der Waals surface area (Å²) in [5.41, 5.74) is 10.3. The molecule has 0 aliphatic heterocycles. The predicted octanol–water partition coefficient (Wildman–Crippen LogP) is 3.34. The normalized spacial score (nSPS) is 20.6. The highest BCUT2D eigenvalue weighted by molar-refractivity contribution is 5.82. The largest absolute Gasteiger partial charge is 0.325 e. The number of nitrogens with two attached hydrogens (primary N) is 1. The van der Waals surface area contributed by atoms with E-state index >= 15 is 0 Å². The highest BCUT2D eigenvalue weighted by Crippen LogP contribution is 2.29. The Hall–Kier alpha value is -1.15. The minimum absolute atomic E-state index is 0.216. The van der Waals surface area contributed by atoms with Crippen LogP contribution in [0.15, 0.2) is 18.2 Å². The van der Waals surface area contributed by atoms with E-state index in [1.807, 2.05) is 0 Å². The van der Waals surface area contributed by atoms with Gasteiger partial charge in [0.2, 0.25) is 0 Å². The molecule has 1 aromatic carbocycles. The van der Waals surface area contributed by atoms with Crippen LogP contribution < -0.4 is 5.73 Å². The number of aryl methyl sites for hydroxylation is 2. The summed E-state index contributed by atoms with van der Waals surface area (Å²) in [6.45, 7) is 0. The summed E-state index contributed by atoms with van der Waals surface area (Å²) in [6, 6.07) is 6.58. The molecule has 0 bridgehead atoms. The topological polar surface area (TPSA) is 43.1 Å². The Morgan fingerprint density at radius 2 is 1.80 bits per heavy atom. The molecule has 0 amide bonds. The maximum absolute atomic E-state index is 12.3. The van der Waals surface area contributed by atoms with Crippen molar-refractivity contribution in [3.63, 3.8) is 0 Å². The smallest absolute Gasteiger partial charge is 0.139 e. The molecule has 0 heterocycles. The lowest BCUT2D eigenvalue weighted by Gasteiger charge is -2.32. The van der Waals surface area contributed by atoms with Gasteiger partial charge in [-0.1, -0.05) is 37.5 Å². The lowest BCUT2D eigenvalue weighted by atomic mass is 9.78. The quantitative estimate of drug-likeness (QED) is 0.912. The van der Waals surface area contributed by atoms with Crippen LogP contribution in [-0.4, -0.2) is 11.3 Å². The van der Waals surface area contributed by atoms with Crippen molar-refractivity contribution in [3.05, 3.63) is 34.9 Å². The third kappa shape index (κ3) is 3.12. The molecular formula is C18H25NO. The van der Waals surface area contributed by atoms with E-state index in [4.69, 9.17) is 5.73 Å². The monoisotopic (exact) mass is 271 g/mol. The second-order valence-corrected chi connectivity index (χ2v) is 6.77. The Balaban J connectivity index is 1.61. The van der Waals surface area contributed by atoms with Crippen molar-refractivity contribution in [1.29, 1.82) is 0 Å². The molecule has 108 valence electrons. The highest BCUT2D eigenvalue weighted by atomic mass is 16.1. The van der Waals surface area contributed by atoms with Crippen LogP contribution in [-0.2, 0) is 24.1 Å². The van der Waals surface area contributed by atoms with E-state index in [0.29, 0.717) is 18.6 Å². The van der Waals surface area contributed by atoms with Gasteiger partial charge in [-0.2, -0.15) is 0 Å². The van der Waals surface area contributed by atoms with Crippen molar-refractivity contribution < 1.29 is 4.79 Å². The van der Waals surface area contributed by atoms with Gasteiger partial charge in [0.1, 0.15) is 5.78 Å². The second-order valence-electron chi connectivity index (χ2n) is 6.77. The molecule has 0 atom stereocenters. The second kappa shape index (κ2) is 5.69. The number of fused-ring (bicyclic) bond motifs is 1. The summed E-state index contributed by atoms with van der Waals surface area (Å²) < 4.78 is 0. The van der Waals surface area contributed by atoms with Crippen LogP contribution in [0.2, 0.25) is 0 Å². The first-order valence-corrected chi connectivity index (χ1v) is 8.06. The summed E-state index contributed by atoms with van der Waals surface area (Å²) in [6.07, 6.45) is 10.4. The molecule has 1 aromatic rings. The summed E-state index contributed by atoms with van der Waals surface area (Å²) in [4.78, 5) is 12.3. The zero-order chi connectivity index (χ0) is 14.0. The molecule has 2 aliphatic rings. The van der Waals surface area contributed by atoms with Gasteiger partial charge in [0.05, 0.1) is 0 Å². The molecule has 2 aliphatic carbocycles. The summed E-state index contributed by atoms with van der Waals surface area (Å²) >= 11 is 0. The van der Waals surface area contributed by atoms with Gasteiger partial charge in [-0.05, 0) is 48.8 Å². The number of Topliss-reactive ketones (excluding diaryl/α,β-unsaturated/α-hetero) is 1. The van der Waals surface area contributed by atoms with Crippen LogP contribution in [0, 0.1) is 0 Å². The molecule has 20 heavy (non-hydrogen) atoms. The molecule has 3 rings (SSSR count). The first kappa shape index (κ1) is 13.8. The Bertz CT molecular complexity index is 500. The van der Waals surface area contributed by atoms with Crippen LogP contribution in [0.25, 0.3) is 0 Å². The van der Waals surface area contributed by atoms with Crippen molar-refractivity contribution in [2.45, 2.75) is 69.7 Å². The zero-order valence-electron chi connectivity index (χ0n) is 12.3. The summed E-state index contributed by atoms with van der Waals surface area (Å²) in [5.74, 6) is 0.312. The number of hydrogen-bond acceptors (Lipinski definition) is 2. The van der Waals surface area contributed by atoms with Crippen molar-refractivity contribution in [2.24, 2.45) is 5.73 Å². The van der Waals surface area contributed by atoms with Gasteiger partial charge in [-0.15, -0.1) is 0 Å². The zero-order valence-corrected chi connectivity index (χ0v) is 12.3. The van der Waals surface area contributed by atoms with Crippen molar-refractivity contribution in [1.82, 2.24) is 0 Å². The van der Waals surface area contributed by atoms with Crippen LogP contribution in [0.4, 0.5) is 0 Å². The SMILES string of the molecule is NC1(CC(=O)Cc2ccc3c(c2)CCC3)CCCCC1. The van der Waals surface area contributed by atoms with E-state index < -0.39 is 0 Å². The number of carbonyl (C=O) groups is 1. The number of rotatable bonds is 4. The van der Waals surface area contributed by atoms with Crippen LogP contribution in [0.5, 0.6) is 0 Å². The summed E-state index contributed by atoms with van der Waals surface area (Å²) in [5, 5.41) is 0. The number of benzene rings is 1. The Kier molecular flexibility index (Phi) is 3.93. The highest BCUT2D eigenvalue weighted by Gasteiger charge is 2.29. The fraction of sp³-hybridized carbons (Fsp3) is 0.611. The van der Waals surface area contributed by atoms with Gasteiger partial charge >= 0.3 is 0 Å². The number of carbonyl (C=O) groups excluding carboxylic acids is 1. The van der Waals surface area contributed by atoms with E-state index in [9.17, 15) is 4.79 Å². The number of hydrogen-bond donors (Lipinski definition) is 1. The maximum atomic E-state index is 12.3. The number of ketones is 1. The van der Waals surface area contributed by atoms with Crippen LogP contribution >= 0.6 is 0 Å². The molecule has 2 nitrogen and oxygen atoms in total. The third-order valence-corrected chi connectivity index (χ3v) is 4.96. The van der Waals surface area contributed by atoms with E-state index in [-0.39, 0.29) is 5.54 Å². The molecular weight excluding hydrogens is 246 g/mol. The van der Waals surface area contributed by atoms with Gasteiger partial charge < -0.3 is 5.73 Å². The van der Waals surface area contributed by atoms with Crippen LogP contribution in [0.3, 0.4) is 0 Å². The molecule has 2 N–H and O–H groups in total. The predicted molar refractivity (Wildman–Crippen MR) is 81.8 cm³/mol. The molecule has 0 aromatic heterocycles. The fourth-order valence-electron chi connectivity index (χ4n) is 3.85. The Morgan fingerprint density at radius 1 is 1.05 bits per heavy atom. The lowest BCUT2D eigenvalue weighted by molar-refractivity contribution is -0.119. The molecule has 1 fully saturated rings. The van der Waals surface area contributed by atoms with E-state index in [1.54, 1.807) is 0 Å². The molecule has 1 saturated carbocycles. The Morgan fingerprint density at radius 3 is 2.60 bits per heavy atom. The minimum atomic E-state index is -0.216. The lowest BCUT2D eigenvalue weighted by Crippen LogP contribution is -2.43. The van der Waals surface area contributed by atoms with Crippen molar-refractivity contribution >= 4 is 5.78 Å². The van der Waals surface area contributed by atoms with Gasteiger partial charge in [0.25, 0.3) is 0 Å². The van der Waals surface area contributed by atoms with Crippen molar-refractivity contribution in [3.8, 4) is 0 Å². The fourth-order valence-corrected chi connectivity index (χ4v) is 3.85. The standard InChI is InChI=1S/C18H25NO/c19-18(9-2-1-3-10-18)13-17(20)12-14-7-8-15-5-4-6-16(15)11-14/h7-8,11H,1-6,9-10,12-13,19H2. The van der Waals surface area contributed by atoms with E-state index in [1.165, 1.54) is 55.2 Å². The van der Waals surface area contributed by atoms with Gasteiger partial charge in [-0.25, -0.2) is 0 Å². The molecule has 0 radical (unpaired) electrons. The molecule has 2 heteroatoms. The average Bonchev–Trinajstić information content (AvgIpc) is 2.86.